The normalized spacial score (nSPS) is 11.3. The van der Waals surface area contributed by atoms with E-state index in [0.29, 0.717) is 0 Å². The first-order chi connectivity index (χ1) is 5.91. The van der Waals surface area contributed by atoms with Crippen LogP contribution in [0.4, 0.5) is 13.2 Å². The maximum Gasteiger partial charge on any atom is 0.493 e. The molecule has 0 fully saturated rings. The Balaban J connectivity index is 2.77. The Bertz CT molecular complexity index is 364. The molecule has 0 spiro atoms. The van der Waals surface area contributed by atoms with Crippen LogP contribution in [0, 0.1) is 0 Å². The molecule has 6 nitrogen and oxygen atoms in total. The second kappa shape index (κ2) is 2.92. The number of nitrogens with zero attached hydrogens (tertiary/aromatic N) is 2. The molecule has 0 atom stereocenters. The molecule has 0 aliphatic carbocycles. The van der Waals surface area contributed by atoms with Crippen LogP contribution in [0.15, 0.2) is 11.1 Å². The minimum absolute atomic E-state index is 0.101. The number of nitrogens with one attached hydrogen (secondary N) is 1. The highest BCUT2D eigenvalue weighted by atomic mass is 19.4. The van der Waals surface area contributed by atoms with Gasteiger partial charge in [-0.25, -0.2) is 9.59 Å². The van der Waals surface area contributed by atoms with Crippen LogP contribution in [-0.2, 0) is 4.79 Å². The highest BCUT2D eigenvalue weighted by Crippen LogP contribution is 2.14. The lowest BCUT2D eigenvalue weighted by molar-refractivity contribution is -0.201. The molecule has 72 valence electrons. The van der Waals surface area contributed by atoms with Gasteiger partial charge < -0.3 is 4.84 Å². The second-order valence-electron chi connectivity index (χ2n) is 1.84. The van der Waals surface area contributed by atoms with E-state index in [1.54, 1.807) is 0 Å². The van der Waals surface area contributed by atoms with Crippen molar-refractivity contribution in [3.8, 4) is 0 Å². The predicted molar refractivity (Wildman–Crippen MR) is 30.5 cm³/mol. The third kappa shape index (κ3) is 2.07. The minimum Gasteiger partial charge on any atom is -0.304 e. The minimum atomic E-state index is -5.15. The van der Waals surface area contributed by atoms with Gasteiger partial charge in [0.25, 0.3) is 0 Å². The van der Waals surface area contributed by atoms with Crippen LogP contribution in [0.1, 0.15) is 0 Å². The summed E-state index contributed by atoms with van der Waals surface area (Å²) in [5.41, 5.74) is -1.07. The smallest absolute Gasteiger partial charge is 0.304 e. The molecule has 9 heteroatoms. The Morgan fingerprint density at radius 1 is 1.62 bits per heavy atom. The average molecular weight is 197 g/mol. The number of H-pyrrole nitrogens is 1. The van der Waals surface area contributed by atoms with Gasteiger partial charge in [0.2, 0.25) is 0 Å². The van der Waals surface area contributed by atoms with Gasteiger partial charge in [0, 0.05) is 0 Å². The van der Waals surface area contributed by atoms with E-state index in [2.05, 4.69) is 9.94 Å². The molecule has 1 aromatic rings. The van der Waals surface area contributed by atoms with Crippen molar-refractivity contribution in [3.05, 3.63) is 16.8 Å². The summed E-state index contributed by atoms with van der Waals surface area (Å²) >= 11 is 0. The number of hydrogen-bond donors (Lipinski definition) is 1. The van der Waals surface area contributed by atoms with E-state index in [-0.39, 0.29) is 4.85 Å². The van der Waals surface area contributed by atoms with Crippen LogP contribution in [0.25, 0.3) is 0 Å². The third-order valence-electron chi connectivity index (χ3n) is 0.925. The molecule has 1 rings (SSSR count). The number of aromatic amines is 1. The number of rotatable bonds is 1. The number of aromatic nitrogens is 3. The summed E-state index contributed by atoms with van der Waals surface area (Å²) < 4.78 is 34.6. The lowest BCUT2D eigenvalue weighted by Crippen LogP contribution is -2.38. The van der Waals surface area contributed by atoms with E-state index >= 15 is 0 Å². The van der Waals surface area contributed by atoms with Gasteiger partial charge >= 0.3 is 17.8 Å². The molecule has 1 aromatic heterocycles. The molecule has 13 heavy (non-hydrogen) atoms. The third-order valence-corrected chi connectivity index (χ3v) is 0.925. The van der Waals surface area contributed by atoms with Crippen LogP contribution in [-0.4, -0.2) is 27.1 Å². The topological polar surface area (TPSA) is 77.0 Å². The molecule has 0 radical (unpaired) electrons. The van der Waals surface area contributed by atoms with E-state index in [9.17, 15) is 22.8 Å². The zero-order valence-corrected chi connectivity index (χ0v) is 5.83. The molecule has 1 N–H and O–H groups in total. The van der Waals surface area contributed by atoms with E-state index in [0.717, 1.165) is 6.33 Å². The summed E-state index contributed by atoms with van der Waals surface area (Å²) in [5, 5.41) is 2.97. The molecule has 0 aliphatic rings. The van der Waals surface area contributed by atoms with E-state index in [4.69, 9.17) is 0 Å². The molecule has 0 aromatic carbocycles. The van der Waals surface area contributed by atoms with Crippen LogP contribution < -0.4 is 10.5 Å². The molecule has 0 bridgehead atoms. The molecule has 0 aliphatic heterocycles. The summed E-state index contributed by atoms with van der Waals surface area (Å²) in [6.45, 7) is 0. The van der Waals surface area contributed by atoms with Crippen molar-refractivity contribution in [3.63, 3.8) is 0 Å². The first kappa shape index (κ1) is 9.29. The monoisotopic (exact) mass is 197 g/mol. The van der Waals surface area contributed by atoms with Gasteiger partial charge in [-0.1, -0.05) is 0 Å². The first-order valence-electron chi connectivity index (χ1n) is 2.83. The van der Waals surface area contributed by atoms with Crippen molar-refractivity contribution in [2.75, 3.05) is 0 Å². The summed E-state index contributed by atoms with van der Waals surface area (Å²) in [7, 11) is 0. The van der Waals surface area contributed by atoms with E-state index in [1.807, 2.05) is 4.98 Å². The van der Waals surface area contributed by atoms with Crippen molar-refractivity contribution in [1.82, 2.24) is 14.9 Å². The molecule has 0 amide bonds. The van der Waals surface area contributed by atoms with E-state index in [1.165, 1.54) is 0 Å². The highest BCUT2D eigenvalue weighted by Gasteiger charge is 2.42. The Kier molecular flexibility index (Phi) is 2.09. The standard InChI is InChI=1S/C4H2F3N3O3/c5-4(6,7)2(11)13-10-3(12)8-1-9-10/h1H,(H,8,9,12). The molecule has 1 heterocycles. The highest BCUT2D eigenvalue weighted by molar-refractivity contribution is 5.75. The molecule has 0 saturated heterocycles. The molecule has 0 unspecified atom stereocenters. The Morgan fingerprint density at radius 3 is 2.62 bits per heavy atom. The average Bonchev–Trinajstić information content (AvgIpc) is 2.34. The largest absolute Gasteiger partial charge is 0.493 e. The number of alkyl halides is 3. The van der Waals surface area contributed by atoms with Crippen molar-refractivity contribution in [2.45, 2.75) is 6.18 Å². The van der Waals surface area contributed by atoms with Gasteiger partial charge in [-0.2, -0.15) is 13.2 Å². The second-order valence-corrected chi connectivity index (χ2v) is 1.84. The number of carbonyl (C=O) groups excluding carboxylic acids is 1. The predicted octanol–water partition coefficient (Wildman–Crippen LogP) is -0.911. The molecular formula is C4H2F3N3O3. The zero-order chi connectivity index (χ0) is 10.1. The number of halogens is 3. The maximum atomic E-state index is 11.5. The Morgan fingerprint density at radius 2 is 2.23 bits per heavy atom. The van der Waals surface area contributed by atoms with Gasteiger partial charge in [-0.05, 0) is 4.85 Å². The summed E-state index contributed by atoms with van der Waals surface area (Å²) in [5.74, 6) is -2.51. The van der Waals surface area contributed by atoms with E-state index < -0.39 is 17.8 Å². The van der Waals surface area contributed by atoms with Crippen LogP contribution in [0.5, 0.6) is 0 Å². The van der Waals surface area contributed by atoms with Crippen molar-refractivity contribution in [1.29, 1.82) is 0 Å². The van der Waals surface area contributed by atoms with Gasteiger partial charge in [-0.15, -0.1) is 5.10 Å². The quantitative estimate of drug-likeness (QED) is 0.632. The zero-order valence-electron chi connectivity index (χ0n) is 5.83. The molecule has 0 saturated carbocycles. The van der Waals surface area contributed by atoms with Crippen molar-refractivity contribution in [2.24, 2.45) is 0 Å². The Labute approximate surface area is 67.9 Å². The van der Waals surface area contributed by atoms with Gasteiger partial charge in [0.05, 0.1) is 0 Å². The van der Waals surface area contributed by atoms with Gasteiger partial charge in [0.1, 0.15) is 6.33 Å². The van der Waals surface area contributed by atoms with Crippen molar-refractivity contribution >= 4 is 5.97 Å². The fourth-order valence-electron chi connectivity index (χ4n) is 0.439. The number of hydrogen-bond acceptors (Lipinski definition) is 4. The maximum absolute atomic E-state index is 11.5. The van der Waals surface area contributed by atoms with Crippen molar-refractivity contribution < 1.29 is 22.8 Å². The molecular weight excluding hydrogens is 195 g/mol. The fraction of sp³-hybridized carbons (Fsp3) is 0.250. The SMILES string of the molecule is O=C(On1nc[nH]c1=O)C(F)(F)F. The van der Waals surface area contributed by atoms with Gasteiger partial charge in [0.15, 0.2) is 0 Å². The summed E-state index contributed by atoms with van der Waals surface area (Å²) in [6, 6.07) is 0. The summed E-state index contributed by atoms with van der Waals surface area (Å²) in [6.07, 6.45) is -4.37. The lowest BCUT2D eigenvalue weighted by Gasteiger charge is -2.03. The lowest BCUT2D eigenvalue weighted by atomic mass is 10.7. The first-order valence-corrected chi connectivity index (χ1v) is 2.83. The fourth-order valence-corrected chi connectivity index (χ4v) is 0.439. The summed E-state index contributed by atoms with van der Waals surface area (Å²) in [4.78, 5) is 25.9. The number of carbonyl (C=O) groups is 1. The van der Waals surface area contributed by atoms with Crippen LogP contribution in [0.2, 0.25) is 0 Å². The Hall–Kier alpha value is -1.80. The van der Waals surface area contributed by atoms with Crippen LogP contribution in [0.3, 0.4) is 0 Å². The van der Waals surface area contributed by atoms with Crippen LogP contribution >= 0.6 is 0 Å². The van der Waals surface area contributed by atoms with Gasteiger partial charge in [-0.3, -0.25) is 4.98 Å².